The Kier molecular flexibility index (Phi) is 4.68. The van der Waals surface area contributed by atoms with Crippen LogP contribution in [0.1, 0.15) is 26.3 Å². The predicted molar refractivity (Wildman–Crippen MR) is 87.6 cm³/mol. The van der Waals surface area contributed by atoms with Gasteiger partial charge in [-0.3, -0.25) is 4.79 Å². The molecule has 0 radical (unpaired) electrons. The highest BCUT2D eigenvalue weighted by Crippen LogP contribution is 2.15. The van der Waals surface area contributed by atoms with E-state index in [2.05, 4.69) is 10.3 Å². The summed E-state index contributed by atoms with van der Waals surface area (Å²) in [6.45, 7) is 5.96. The normalized spacial score (nSPS) is 11.4. The molecule has 112 valence electrons. The van der Waals surface area contributed by atoms with Crippen LogP contribution in [-0.2, 0) is 12.0 Å². The van der Waals surface area contributed by atoms with Crippen LogP contribution in [0, 0.1) is 0 Å². The molecule has 0 spiro atoms. The quantitative estimate of drug-likeness (QED) is 0.879. The summed E-state index contributed by atoms with van der Waals surface area (Å²) in [6, 6.07) is 7.85. The van der Waals surface area contributed by atoms with Gasteiger partial charge in [0.25, 0.3) is 5.56 Å². The van der Waals surface area contributed by atoms with E-state index in [9.17, 15) is 4.79 Å². The third kappa shape index (κ3) is 3.85. The van der Waals surface area contributed by atoms with Crippen LogP contribution in [0.2, 0.25) is 0 Å². The summed E-state index contributed by atoms with van der Waals surface area (Å²) in [6.07, 6.45) is 4.18. The molecule has 21 heavy (non-hydrogen) atoms. The minimum atomic E-state index is -0.277. The van der Waals surface area contributed by atoms with Crippen LogP contribution in [0.5, 0.6) is 0 Å². The van der Waals surface area contributed by atoms with Gasteiger partial charge in [-0.1, -0.05) is 12.1 Å². The van der Waals surface area contributed by atoms with Crippen molar-refractivity contribution < 1.29 is 0 Å². The Morgan fingerprint density at radius 2 is 1.90 bits per heavy atom. The topological polar surface area (TPSA) is 46.9 Å². The zero-order chi connectivity index (χ0) is 15.5. The molecular formula is C16H20ClN3O. The van der Waals surface area contributed by atoms with E-state index in [4.69, 9.17) is 11.6 Å². The molecule has 0 fully saturated rings. The molecule has 0 saturated heterocycles. The average molecular weight is 306 g/mol. The fourth-order valence-corrected chi connectivity index (χ4v) is 2.24. The number of hydrogen-bond donors (Lipinski definition) is 1. The number of aryl methyl sites for hydroxylation is 1. The fourth-order valence-electron chi connectivity index (χ4n) is 2.03. The lowest BCUT2D eigenvalue weighted by Crippen LogP contribution is -2.34. The van der Waals surface area contributed by atoms with E-state index in [1.165, 1.54) is 5.56 Å². The maximum absolute atomic E-state index is 12.4. The number of nitrogens with one attached hydrogen (secondary N) is 1. The molecule has 1 aromatic heterocycles. The van der Waals surface area contributed by atoms with E-state index in [1.54, 1.807) is 17.0 Å². The van der Waals surface area contributed by atoms with Crippen LogP contribution in [0.15, 0.2) is 41.5 Å². The Bertz CT molecular complexity index is 656. The molecule has 0 aliphatic carbocycles. The van der Waals surface area contributed by atoms with E-state index < -0.39 is 0 Å². The second kappa shape index (κ2) is 6.31. The number of aromatic nitrogens is 2. The highest BCUT2D eigenvalue weighted by Gasteiger charge is 2.16. The van der Waals surface area contributed by atoms with Crippen molar-refractivity contribution in [2.24, 2.45) is 0 Å². The fraction of sp³-hybridized carbons (Fsp3) is 0.375. The predicted octanol–water partition coefficient (Wildman–Crippen LogP) is 3.52. The minimum Gasteiger partial charge on any atom is -0.336 e. The van der Waals surface area contributed by atoms with Crippen molar-refractivity contribution in [3.8, 4) is 0 Å². The number of halogens is 1. The van der Waals surface area contributed by atoms with Crippen LogP contribution >= 0.6 is 11.6 Å². The van der Waals surface area contributed by atoms with Gasteiger partial charge in [0.2, 0.25) is 0 Å². The van der Waals surface area contributed by atoms with Gasteiger partial charge < -0.3 is 9.88 Å². The smallest absolute Gasteiger partial charge is 0.294 e. The first-order valence-electron chi connectivity index (χ1n) is 6.92. The highest BCUT2D eigenvalue weighted by atomic mass is 35.5. The molecule has 0 atom stereocenters. The third-order valence-electron chi connectivity index (χ3n) is 3.16. The van der Waals surface area contributed by atoms with Crippen molar-refractivity contribution in [1.82, 2.24) is 9.55 Å². The second-order valence-corrected chi connectivity index (χ2v) is 6.26. The maximum Gasteiger partial charge on any atom is 0.294 e. The zero-order valence-corrected chi connectivity index (χ0v) is 13.3. The van der Waals surface area contributed by atoms with Gasteiger partial charge in [0.05, 0.1) is 0 Å². The molecule has 1 N–H and O–H groups in total. The summed E-state index contributed by atoms with van der Waals surface area (Å²) in [5, 5.41) is 3.08. The molecular weight excluding hydrogens is 286 g/mol. The molecule has 0 amide bonds. The first-order valence-corrected chi connectivity index (χ1v) is 7.45. The van der Waals surface area contributed by atoms with E-state index in [0.717, 1.165) is 12.1 Å². The molecule has 5 heteroatoms. The van der Waals surface area contributed by atoms with E-state index in [1.807, 2.05) is 45.0 Å². The summed E-state index contributed by atoms with van der Waals surface area (Å²) in [4.78, 5) is 16.6. The molecule has 2 aromatic rings. The monoisotopic (exact) mass is 305 g/mol. The lowest BCUT2D eigenvalue weighted by Gasteiger charge is -2.22. The first-order chi connectivity index (χ1) is 9.91. The summed E-state index contributed by atoms with van der Waals surface area (Å²) in [5.74, 6) is 0.932. The van der Waals surface area contributed by atoms with E-state index in [-0.39, 0.29) is 11.1 Å². The maximum atomic E-state index is 12.4. The van der Waals surface area contributed by atoms with E-state index in [0.29, 0.717) is 11.7 Å². The van der Waals surface area contributed by atoms with Gasteiger partial charge in [0.15, 0.2) is 5.82 Å². The largest absolute Gasteiger partial charge is 0.336 e. The molecule has 0 aliphatic heterocycles. The number of benzene rings is 1. The number of hydrogen-bond acceptors (Lipinski definition) is 3. The molecule has 0 bridgehead atoms. The third-order valence-corrected chi connectivity index (χ3v) is 3.35. The lowest BCUT2D eigenvalue weighted by molar-refractivity contribution is 0.383. The Labute approximate surface area is 129 Å². The van der Waals surface area contributed by atoms with Crippen molar-refractivity contribution in [1.29, 1.82) is 0 Å². The first kappa shape index (κ1) is 15.6. The Morgan fingerprint density at radius 3 is 2.48 bits per heavy atom. The number of nitrogens with zero attached hydrogens (tertiary/aromatic N) is 2. The van der Waals surface area contributed by atoms with Gasteiger partial charge in [-0.05, 0) is 44.9 Å². The van der Waals surface area contributed by atoms with Gasteiger partial charge in [0, 0.05) is 29.5 Å². The van der Waals surface area contributed by atoms with Crippen LogP contribution in [0.4, 0.5) is 11.5 Å². The molecule has 2 rings (SSSR count). The summed E-state index contributed by atoms with van der Waals surface area (Å²) in [5.41, 5.74) is 1.60. The minimum absolute atomic E-state index is 0.130. The number of anilines is 2. The Hall–Kier alpha value is -1.81. The van der Waals surface area contributed by atoms with Crippen molar-refractivity contribution in [3.63, 3.8) is 0 Å². The van der Waals surface area contributed by atoms with E-state index >= 15 is 0 Å². The number of rotatable bonds is 4. The lowest BCUT2D eigenvalue weighted by atomic mass is 10.1. The Morgan fingerprint density at radius 1 is 1.24 bits per heavy atom. The van der Waals surface area contributed by atoms with Crippen LogP contribution in [0.3, 0.4) is 0 Å². The van der Waals surface area contributed by atoms with Gasteiger partial charge in [-0.25, -0.2) is 4.98 Å². The summed E-state index contributed by atoms with van der Waals surface area (Å²) >= 11 is 5.72. The van der Waals surface area contributed by atoms with Crippen LogP contribution < -0.4 is 10.9 Å². The van der Waals surface area contributed by atoms with Crippen molar-refractivity contribution in [3.05, 3.63) is 52.6 Å². The number of alkyl halides is 1. The SMILES string of the molecule is CC(C)(C)n1ccnc(Nc2ccc(CCCl)cc2)c1=O. The van der Waals surface area contributed by atoms with Crippen LogP contribution in [-0.4, -0.2) is 15.4 Å². The molecule has 1 aromatic carbocycles. The molecule has 1 heterocycles. The summed E-state index contributed by atoms with van der Waals surface area (Å²) in [7, 11) is 0. The van der Waals surface area contributed by atoms with Crippen LogP contribution in [0.25, 0.3) is 0 Å². The van der Waals surface area contributed by atoms with Gasteiger partial charge in [0.1, 0.15) is 0 Å². The Balaban J connectivity index is 2.26. The van der Waals surface area contributed by atoms with Gasteiger partial charge in [-0.2, -0.15) is 0 Å². The van der Waals surface area contributed by atoms with Crippen molar-refractivity contribution in [2.75, 3.05) is 11.2 Å². The zero-order valence-electron chi connectivity index (χ0n) is 12.6. The molecule has 0 aliphatic rings. The average Bonchev–Trinajstić information content (AvgIpc) is 2.42. The van der Waals surface area contributed by atoms with Crippen molar-refractivity contribution in [2.45, 2.75) is 32.7 Å². The summed E-state index contributed by atoms with van der Waals surface area (Å²) < 4.78 is 1.67. The van der Waals surface area contributed by atoms with Gasteiger partial charge in [-0.15, -0.1) is 11.6 Å². The standard InChI is InChI=1S/C16H20ClN3O/c1-16(2,3)20-11-10-18-14(15(20)21)19-13-6-4-12(5-7-13)8-9-17/h4-7,10-11H,8-9H2,1-3H3,(H,18,19). The molecule has 0 saturated carbocycles. The van der Waals surface area contributed by atoms with Gasteiger partial charge >= 0.3 is 0 Å². The molecule has 0 unspecified atom stereocenters. The second-order valence-electron chi connectivity index (χ2n) is 5.88. The molecule has 4 nitrogen and oxygen atoms in total. The highest BCUT2D eigenvalue weighted by molar-refractivity contribution is 6.17. The van der Waals surface area contributed by atoms with Crippen molar-refractivity contribution >= 4 is 23.1 Å².